The molecule has 8 heteroatoms. The molecule has 3 aromatic carbocycles. The standard InChI is InChI=1S/C27H26ClN3O4/c1-18(30(16-17-34-2)26(32)19-8-14-22(35-3)15-9-19)25-29-24-7-5-4-6-23(24)27(33)31(25)21-12-10-20(28)11-13-21/h4-15,18H,16-17H2,1-3H3. The Hall–Kier alpha value is -3.68. The van der Waals surface area contributed by atoms with Crippen molar-refractivity contribution in [3.63, 3.8) is 0 Å². The number of fused-ring (bicyclic) bond motifs is 1. The van der Waals surface area contributed by atoms with Crippen LogP contribution in [-0.4, -0.2) is 47.7 Å². The maximum atomic E-state index is 13.6. The van der Waals surface area contributed by atoms with Gasteiger partial charge in [0.15, 0.2) is 0 Å². The number of ether oxygens (including phenoxy) is 2. The van der Waals surface area contributed by atoms with Gasteiger partial charge in [0.25, 0.3) is 11.5 Å². The van der Waals surface area contributed by atoms with Crippen molar-refractivity contribution < 1.29 is 14.3 Å². The van der Waals surface area contributed by atoms with E-state index in [0.29, 0.717) is 51.9 Å². The van der Waals surface area contributed by atoms with Crippen LogP contribution in [0.5, 0.6) is 5.75 Å². The quantitative estimate of drug-likeness (QED) is 0.350. The van der Waals surface area contributed by atoms with Crippen LogP contribution >= 0.6 is 11.6 Å². The molecule has 0 radical (unpaired) electrons. The van der Waals surface area contributed by atoms with E-state index in [1.54, 1.807) is 90.4 Å². The Morgan fingerprint density at radius 2 is 1.71 bits per heavy atom. The molecule has 35 heavy (non-hydrogen) atoms. The first-order chi connectivity index (χ1) is 16.9. The topological polar surface area (TPSA) is 73.7 Å². The van der Waals surface area contributed by atoms with Gasteiger partial charge in [0.1, 0.15) is 11.6 Å². The summed E-state index contributed by atoms with van der Waals surface area (Å²) in [7, 11) is 3.16. The fourth-order valence-electron chi connectivity index (χ4n) is 3.97. The number of nitrogens with zero attached hydrogens (tertiary/aromatic N) is 3. The van der Waals surface area contributed by atoms with Crippen molar-refractivity contribution in [3.8, 4) is 11.4 Å². The molecule has 4 rings (SSSR count). The molecule has 0 spiro atoms. The summed E-state index contributed by atoms with van der Waals surface area (Å²) in [5.41, 5.74) is 1.45. The lowest BCUT2D eigenvalue weighted by Crippen LogP contribution is -2.39. The molecule has 0 aliphatic heterocycles. The summed E-state index contributed by atoms with van der Waals surface area (Å²) in [5, 5.41) is 1.05. The predicted molar refractivity (Wildman–Crippen MR) is 137 cm³/mol. The van der Waals surface area contributed by atoms with Crippen molar-refractivity contribution >= 4 is 28.4 Å². The van der Waals surface area contributed by atoms with Crippen LogP contribution in [0.25, 0.3) is 16.6 Å². The van der Waals surface area contributed by atoms with Crippen LogP contribution in [-0.2, 0) is 4.74 Å². The minimum Gasteiger partial charge on any atom is -0.497 e. The van der Waals surface area contributed by atoms with Crippen molar-refractivity contribution in [2.45, 2.75) is 13.0 Å². The lowest BCUT2D eigenvalue weighted by molar-refractivity contribution is 0.0605. The van der Waals surface area contributed by atoms with E-state index >= 15 is 0 Å². The molecule has 180 valence electrons. The van der Waals surface area contributed by atoms with E-state index in [1.165, 1.54) is 0 Å². The SMILES string of the molecule is COCCN(C(=O)c1ccc(OC)cc1)C(C)c1nc2ccccc2c(=O)n1-c1ccc(Cl)cc1. The van der Waals surface area contributed by atoms with Gasteiger partial charge in [0, 0.05) is 24.2 Å². The third kappa shape index (κ3) is 5.06. The summed E-state index contributed by atoms with van der Waals surface area (Å²) in [6, 6.07) is 20.5. The van der Waals surface area contributed by atoms with Crippen LogP contribution < -0.4 is 10.3 Å². The third-order valence-electron chi connectivity index (χ3n) is 5.86. The van der Waals surface area contributed by atoms with Gasteiger partial charge in [0.05, 0.1) is 36.3 Å². The first-order valence-electron chi connectivity index (χ1n) is 11.2. The summed E-state index contributed by atoms with van der Waals surface area (Å²) < 4.78 is 12.0. The highest BCUT2D eigenvalue weighted by Crippen LogP contribution is 2.25. The lowest BCUT2D eigenvalue weighted by atomic mass is 10.1. The van der Waals surface area contributed by atoms with Crippen LogP contribution in [0.1, 0.15) is 29.1 Å². The highest BCUT2D eigenvalue weighted by atomic mass is 35.5. The number of benzene rings is 3. The van der Waals surface area contributed by atoms with E-state index in [9.17, 15) is 9.59 Å². The summed E-state index contributed by atoms with van der Waals surface area (Å²) in [6.45, 7) is 2.50. The Labute approximate surface area is 208 Å². The second kappa shape index (κ2) is 10.7. The number of hydrogen-bond acceptors (Lipinski definition) is 5. The Balaban J connectivity index is 1.86. The van der Waals surface area contributed by atoms with Crippen LogP contribution in [0.4, 0.5) is 0 Å². The van der Waals surface area contributed by atoms with Crippen molar-refractivity contribution in [1.82, 2.24) is 14.5 Å². The molecule has 0 saturated heterocycles. The number of aromatic nitrogens is 2. The second-order valence-electron chi connectivity index (χ2n) is 8.00. The highest BCUT2D eigenvalue weighted by Gasteiger charge is 2.27. The van der Waals surface area contributed by atoms with E-state index in [4.69, 9.17) is 26.1 Å². The number of para-hydroxylation sites is 1. The number of hydrogen-bond donors (Lipinski definition) is 0. The Morgan fingerprint density at radius 3 is 2.37 bits per heavy atom. The van der Waals surface area contributed by atoms with Crippen LogP contribution in [0.3, 0.4) is 0 Å². The second-order valence-corrected chi connectivity index (χ2v) is 8.44. The number of carbonyl (C=O) groups is 1. The van der Waals surface area contributed by atoms with E-state index in [1.807, 2.05) is 13.0 Å². The minimum absolute atomic E-state index is 0.206. The molecule has 0 aliphatic rings. The van der Waals surface area contributed by atoms with Crippen LogP contribution in [0.15, 0.2) is 77.6 Å². The number of methoxy groups -OCH3 is 2. The number of halogens is 1. The smallest absolute Gasteiger partial charge is 0.266 e. The number of rotatable bonds is 8. The Bertz CT molecular complexity index is 1380. The molecule has 0 bridgehead atoms. The van der Waals surface area contributed by atoms with Crippen molar-refractivity contribution in [2.75, 3.05) is 27.4 Å². The highest BCUT2D eigenvalue weighted by molar-refractivity contribution is 6.30. The van der Waals surface area contributed by atoms with Gasteiger partial charge in [-0.2, -0.15) is 0 Å². The van der Waals surface area contributed by atoms with Gasteiger partial charge < -0.3 is 14.4 Å². The van der Waals surface area contributed by atoms with E-state index in [0.717, 1.165) is 0 Å². The zero-order valence-corrected chi connectivity index (χ0v) is 20.5. The van der Waals surface area contributed by atoms with Gasteiger partial charge in [-0.1, -0.05) is 23.7 Å². The van der Waals surface area contributed by atoms with Crippen LogP contribution in [0.2, 0.25) is 5.02 Å². The van der Waals surface area contributed by atoms with E-state index in [-0.39, 0.29) is 11.5 Å². The molecule has 7 nitrogen and oxygen atoms in total. The maximum Gasteiger partial charge on any atom is 0.266 e. The van der Waals surface area contributed by atoms with Gasteiger partial charge >= 0.3 is 0 Å². The summed E-state index contributed by atoms with van der Waals surface area (Å²) in [4.78, 5) is 33.7. The molecule has 0 aliphatic carbocycles. The minimum atomic E-state index is -0.548. The van der Waals surface area contributed by atoms with Gasteiger partial charge in [-0.25, -0.2) is 4.98 Å². The Morgan fingerprint density at radius 1 is 1.03 bits per heavy atom. The van der Waals surface area contributed by atoms with Gasteiger partial charge in [0.2, 0.25) is 0 Å². The van der Waals surface area contributed by atoms with Gasteiger partial charge in [-0.15, -0.1) is 0 Å². The molecule has 0 fully saturated rings. The van der Waals surface area contributed by atoms with Gasteiger partial charge in [-0.3, -0.25) is 14.2 Å². The number of carbonyl (C=O) groups excluding carboxylic acids is 1. The molecular weight excluding hydrogens is 466 g/mol. The third-order valence-corrected chi connectivity index (χ3v) is 6.11. The van der Waals surface area contributed by atoms with Crippen molar-refractivity contribution in [3.05, 3.63) is 99.6 Å². The van der Waals surface area contributed by atoms with Gasteiger partial charge in [-0.05, 0) is 67.6 Å². The largest absolute Gasteiger partial charge is 0.497 e. The zero-order chi connectivity index (χ0) is 24.9. The van der Waals surface area contributed by atoms with E-state index in [2.05, 4.69) is 0 Å². The number of amides is 1. The predicted octanol–water partition coefficient (Wildman–Crippen LogP) is 4.90. The molecular formula is C27H26ClN3O4. The zero-order valence-electron chi connectivity index (χ0n) is 19.8. The molecule has 4 aromatic rings. The molecule has 1 atom stereocenters. The summed E-state index contributed by atoms with van der Waals surface area (Å²) >= 11 is 6.10. The molecule has 0 N–H and O–H groups in total. The van der Waals surface area contributed by atoms with Crippen molar-refractivity contribution in [2.24, 2.45) is 0 Å². The van der Waals surface area contributed by atoms with Crippen LogP contribution in [0, 0.1) is 0 Å². The average molecular weight is 492 g/mol. The fourth-order valence-corrected chi connectivity index (χ4v) is 4.10. The van der Waals surface area contributed by atoms with Crippen molar-refractivity contribution in [1.29, 1.82) is 0 Å². The molecule has 1 amide bonds. The fraction of sp³-hybridized carbons (Fsp3) is 0.222. The molecule has 0 saturated carbocycles. The Kier molecular flexibility index (Phi) is 7.48. The average Bonchev–Trinajstić information content (AvgIpc) is 2.89. The summed E-state index contributed by atoms with van der Waals surface area (Å²) in [5.74, 6) is 0.891. The van der Waals surface area contributed by atoms with E-state index < -0.39 is 6.04 Å². The molecule has 1 unspecified atom stereocenters. The first kappa shape index (κ1) is 24.4. The monoisotopic (exact) mass is 491 g/mol. The summed E-state index contributed by atoms with van der Waals surface area (Å²) in [6.07, 6.45) is 0. The normalized spacial score (nSPS) is 11.9. The lowest BCUT2D eigenvalue weighted by Gasteiger charge is -2.30. The maximum absolute atomic E-state index is 13.6. The molecule has 1 heterocycles. The first-order valence-corrected chi connectivity index (χ1v) is 11.5. The molecule has 1 aromatic heterocycles.